The highest BCUT2D eigenvalue weighted by Crippen LogP contribution is 2.27. The average Bonchev–Trinajstić information content (AvgIpc) is 3.12. The first-order valence-electron chi connectivity index (χ1n) is 7.32. The summed E-state index contributed by atoms with van der Waals surface area (Å²) in [4.78, 5) is 33.1. The van der Waals surface area contributed by atoms with Crippen LogP contribution in [0.3, 0.4) is 0 Å². The summed E-state index contributed by atoms with van der Waals surface area (Å²) in [5.74, 6) is -0.987. The predicted octanol–water partition coefficient (Wildman–Crippen LogP) is 2.43. The molecule has 0 fully saturated rings. The Morgan fingerprint density at radius 2 is 1.91 bits per heavy atom. The van der Waals surface area contributed by atoms with Gasteiger partial charge in [-0.1, -0.05) is 24.3 Å². The van der Waals surface area contributed by atoms with Gasteiger partial charge in [0.15, 0.2) is 11.6 Å². The molecule has 0 N–H and O–H groups in total. The van der Waals surface area contributed by atoms with Gasteiger partial charge in [-0.05, 0) is 13.3 Å². The van der Waals surface area contributed by atoms with Gasteiger partial charge < -0.3 is 4.57 Å². The molecule has 0 unspecified atom stereocenters. The fourth-order valence-corrected chi connectivity index (χ4v) is 2.74. The number of hydrogen-bond donors (Lipinski definition) is 0. The van der Waals surface area contributed by atoms with Crippen LogP contribution in [0.1, 0.15) is 34.1 Å². The normalized spacial score (nSPS) is 15.4. The van der Waals surface area contributed by atoms with Crippen molar-refractivity contribution in [3.05, 3.63) is 54.1 Å². The van der Waals surface area contributed by atoms with Gasteiger partial charge in [0, 0.05) is 42.3 Å². The average molecular weight is 295 g/mol. The van der Waals surface area contributed by atoms with E-state index in [0.29, 0.717) is 23.4 Å². The Balaban J connectivity index is 1.65. The smallest absolute Gasteiger partial charge is 0.180 e. The molecule has 1 aromatic heterocycles. The molecule has 0 bridgehead atoms. The second kappa shape index (κ2) is 6.05. The maximum Gasteiger partial charge on any atom is 0.180 e. The minimum Gasteiger partial charge on any atom is -0.337 e. The molecule has 0 saturated carbocycles. The lowest BCUT2D eigenvalue weighted by atomic mass is 9.99. The van der Waals surface area contributed by atoms with Crippen molar-refractivity contribution in [1.82, 2.24) is 9.55 Å². The third kappa shape index (κ3) is 2.62. The van der Waals surface area contributed by atoms with Gasteiger partial charge in [-0.3, -0.25) is 14.6 Å². The lowest BCUT2D eigenvalue weighted by Crippen LogP contribution is -2.23. The summed E-state index contributed by atoms with van der Waals surface area (Å²) >= 11 is 0. The molecule has 1 heterocycles. The van der Waals surface area contributed by atoms with Crippen molar-refractivity contribution in [1.29, 1.82) is 0 Å². The van der Waals surface area contributed by atoms with Crippen LogP contribution in [0.25, 0.3) is 0 Å². The van der Waals surface area contributed by atoms with Gasteiger partial charge in [0.2, 0.25) is 0 Å². The van der Waals surface area contributed by atoms with E-state index in [2.05, 4.69) is 9.98 Å². The topological polar surface area (TPSA) is 64.3 Å². The summed E-state index contributed by atoms with van der Waals surface area (Å²) in [6.07, 6.45) is 6.24. The lowest BCUT2D eigenvalue weighted by Gasteiger charge is -2.07. The first-order chi connectivity index (χ1) is 10.7. The van der Waals surface area contributed by atoms with E-state index in [1.54, 1.807) is 43.7 Å². The number of carbonyl (C=O) groups excluding carboxylic acids is 2. The predicted molar refractivity (Wildman–Crippen MR) is 83.4 cm³/mol. The number of Topliss-reactive ketones (excluding diaryl/α,β-unsaturated/α-hetero) is 2. The summed E-state index contributed by atoms with van der Waals surface area (Å²) in [6.45, 7) is 3.19. The molecule has 112 valence electrons. The molecule has 2 aromatic rings. The minimum absolute atomic E-state index is 0.128. The van der Waals surface area contributed by atoms with Gasteiger partial charge in [-0.25, -0.2) is 4.98 Å². The Hall–Kier alpha value is -2.56. The Morgan fingerprint density at radius 3 is 2.50 bits per heavy atom. The number of fused-ring (bicyclic) bond motifs is 1. The third-order valence-electron chi connectivity index (χ3n) is 3.89. The van der Waals surface area contributed by atoms with Crippen LogP contribution in [0.15, 0.2) is 48.0 Å². The molecule has 1 aliphatic rings. The van der Waals surface area contributed by atoms with E-state index < -0.39 is 5.92 Å². The lowest BCUT2D eigenvalue weighted by molar-refractivity contribution is 0.0883. The van der Waals surface area contributed by atoms with E-state index in [1.807, 2.05) is 10.8 Å². The maximum atomic E-state index is 12.4. The molecule has 0 amide bonds. The molecular weight excluding hydrogens is 278 g/mol. The second-order valence-corrected chi connectivity index (χ2v) is 5.38. The molecular formula is C17H17N3O2. The molecule has 3 rings (SSSR count). The zero-order valence-electron chi connectivity index (χ0n) is 12.4. The van der Waals surface area contributed by atoms with Gasteiger partial charge in [-0.15, -0.1) is 0 Å². The number of benzene rings is 1. The first-order valence-corrected chi connectivity index (χ1v) is 7.32. The minimum atomic E-state index is -0.731. The molecule has 1 aliphatic carbocycles. The number of hydrogen-bond acceptors (Lipinski definition) is 4. The van der Waals surface area contributed by atoms with Crippen molar-refractivity contribution in [3.8, 4) is 0 Å². The molecule has 22 heavy (non-hydrogen) atoms. The van der Waals surface area contributed by atoms with E-state index in [0.717, 1.165) is 13.0 Å². The van der Waals surface area contributed by atoms with Crippen LogP contribution < -0.4 is 0 Å². The van der Waals surface area contributed by atoms with Crippen molar-refractivity contribution in [2.24, 2.45) is 10.9 Å². The Morgan fingerprint density at radius 1 is 1.23 bits per heavy atom. The van der Waals surface area contributed by atoms with E-state index >= 15 is 0 Å². The zero-order valence-corrected chi connectivity index (χ0v) is 12.4. The number of rotatable bonds is 5. The van der Waals surface area contributed by atoms with Crippen molar-refractivity contribution >= 4 is 17.3 Å². The van der Waals surface area contributed by atoms with Crippen LogP contribution in [0.2, 0.25) is 0 Å². The summed E-state index contributed by atoms with van der Waals surface area (Å²) in [5.41, 5.74) is 1.65. The SMILES string of the molecule is CC(=NCCCn1ccnc1)C1C(=O)c2ccccc2C1=O. The van der Waals surface area contributed by atoms with Gasteiger partial charge in [0.1, 0.15) is 5.92 Å². The third-order valence-corrected chi connectivity index (χ3v) is 3.89. The molecule has 5 nitrogen and oxygen atoms in total. The molecule has 0 aliphatic heterocycles. The fourth-order valence-electron chi connectivity index (χ4n) is 2.74. The van der Waals surface area contributed by atoms with Gasteiger partial charge >= 0.3 is 0 Å². The highest BCUT2D eigenvalue weighted by Gasteiger charge is 2.39. The Bertz CT molecular complexity index is 697. The second-order valence-electron chi connectivity index (χ2n) is 5.38. The maximum absolute atomic E-state index is 12.4. The van der Waals surface area contributed by atoms with Crippen LogP contribution in [0.4, 0.5) is 0 Å². The Labute approximate surface area is 128 Å². The largest absolute Gasteiger partial charge is 0.337 e. The standard InChI is InChI=1S/C17H17N3O2/c1-12(19-7-4-9-20-10-8-18-11-20)15-16(21)13-5-2-3-6-14(13)17(15)22/h2-3,5-6,8,10-11,15H,4,7,9H2,1H3. The van der Waals surface area contributed by atoms with E-state index in [1.165, 1.54) is 0 Å². The highest BCUT2D eigenvalue weighted by atomic mass is 16.2. The number of aromatic nitrogens is 2. The number of imidazole rings is 1. The van der Waals surface area contributed by atoms with Crippen LogP contribution in [-0.4, -0.2) is 33.4 Å². The van der Waals surface area contributed by atoms with Crippen LogP contribution in [0.5, 0.6) is 0 Å². The number of nitrogens with zero attached hydrogens (tertiary/aromatic N) is 3. The number of aliphatic imine (C=N–C) groups is 1. The van der Waals surface area contributed by atoms with E-state index in [9.17, 15) is 9.59 Å². The molecule has 0 saturated heterocycles. The quantitative estimate of drug-likeness (QED) is 0.483. The summed E-state index contributed by atoms with van der Waals surface area (Å²) in [7, 11) is 0. The molecule has 0 radical (unpaired) electrons. The first kappa shape index (κ1) is 14.4. The van der Waals surface area contributed by atoms with Crippen LogP contribution in [-0.2, 0) is 6.54 Å². The van der Waals surface area contributed by atoms with Gasteiger partial charge in [0.25, 0.3) is 0 Å². The number of ketones is 2. The zero-order chi connectivity index (χ0) is 15.5. The molecule has 0 spiro atoms. The molecule has 5 heteroatoms. The van der Waals surface area contributed by atoms with Crippen LogP contribution >= 0.6 is 0 Å². The molecule has 0 atom stereocenters. The molecule has 1 aromatic carbocycles. The van der Waals surface area contributed by atoms with Crippen molar-refractivity contribution in [2.75, 3.05) is 6.54 Å². The van der Waals surface area contributed by atoms with Crippen molar-refractivity contribution in [2.45, 2.75) is 19.9 Å². The monoisotopic (exact) mass is 295 g/mol. The summed E-state index contributed by atoms with van der Waals surface area (Å²) in [5, 5.41) is 0. The highest BCUT2D eigenvalue weighted by molar-refractivity contribution is 6.36. The summed E-state index contributed by atoms with van der Waals surface area (Å²) in [6, 6.07) is 6.98. The van der Waals surface area contributed by atoms with Crippen LogP contribution in [0, 0.1) is 5.92 Å². The summed E-state index contributed by atoms with van der Waals surface area (Å²) < 4.78 is 1.98. The van der Waals surface area contributed by atoms with Crippen molar-refractivity contribution < 1.29 is 9.59 Å². The van der Waals surface area contributed by atoms with Gasteiger partial charge in [-0.2, -0.15) is 0 Å². The van der Waals surface area contributed by atoms with Crippen molar-refractivity contribution in [3.63, 3.8) is 0 Å². The number of carbonyl (C=O) groups is 2. The number of aryl methyl sites for hydroxylation is 1. The van der Waals surface area contributed by atoms with Gasteiger partial charge in [0.05, 0.1) is 6.33 Å². The van der Waals surface area contributed by atoms with E-state index in [4.69, 9.17) is 0 Å². The fraction of sp³-hybridized carbons (Fsp3) is 0.294. The van der Waals surface area contributed by atoms with E-state index in [-0.39, 0.29) is 11.6 Å². The Kier molecular flexibility index (Phi) is 3.96.